The van der Waals surface area contributed by atoms with E-state index in [9.17, 15) is 24.3 Å². The number of carbonyl (C=O) groups is 4. The number of carbonyl (C=O) groups excluding carboxylic acids is 3. The first kappa shape index (κ1) is 22.0. The van der Waals surface area contributed by atoms with Crippen molar-refractivity contribution < 1.29 is 24.3 Å². The molecule has 32 heavy (non-hydrogen) atoms. The molecule has 1 aromatic carbocycles. The van der Waals surface area contributed by atoms with Crippen LogP contribution in [0, 0.1) is 6.92 Å². The molecule has 4 rings (SSSR count). The fraction of sp³-hybridized carbons (Fsp3) is 0.500. The summed E-state index contributed by atoms with van der Waals surface area (Å²) in [6.07, 6.45) is 3.70. The van der Waals surface area contributed by atoms with Gasteiger partial charge < -0.3 is 19.8 Å². The molecule has 0 unspecified atom stereocenters. The van der Waals surface area contributed by atoms with Crippen LogP contribution in [0.5, 0.6) is 0 Å². The second kappa shape index (κ2) is 8.41. The number of benzene rings is 1. The summed E-state index contributed by atoms with van der Waals surface area (Å²) in [4.78, 5) is 55.9. The SMILES string of the molecule is C=CC(=O)N1CCN([C@@H](Cc2cccc(C)c2)C(=O)N2CCC[C@H]2C(=O)O)C(=O)C12CC2. The zero-order valence-corrected chi connectivity index (χ0v) is 18.3. The number of hydrogen-bond donors (Lipinski definition) is 1. The van der Waals surface area contributed by atoms with Crippen molar-refractivity contribution in [2.45, 2.75) is 56.7 Å². The third kappa shape index (κ3) is 3.78. The Bertz CT molecular complexity index is 970. The first-order chi connectivity index (χ1) is 15.3. The Balaban J connectivity index is 1.66. The van der Waals surface area contributed by atoms with Gasteiger partial charge in [0.05, 0.1) is 0 Å². The van der Waals surface area contributed by atoms with Gasteiger partial charge in [-0.15, -0.1) is 0 Å². The smallest absolute Gasteiger partial charge is 0.326 e. The van der Waals surface area contributed by atoms with Gasteiger partial charge in [-0.1, -0.05) is 36.4 Å². The van der Waals surface area contributed by atoms with E-state index in [1.165, 1.54) is 11.0 Å². The Morgan fingerprint density at radius 2 is 2.00 bits per heavy atom. The molecule has 1 N–H and O–H groups in total. The number of carboxylic acids is 1. The first-order valence-electron chi connectivity index (χ1n) is 11.1. The summed E-state index contributed by atoms with van der Waals surface area (Å²) in [5, 5.41) is 9.59. The minimum absolute atomic E-state index is 0.226. The third-order valence-corrected chi connectivity index (χ3v) is 6.90. The Hall–Kier alpha value is -3.16. The van der Waals surface area contributed by atoms with Crippen LogP contribution in [0.4, 0.5) is 0 Å². The summed E-state index contributed by atoms with van der Waals surface area (Å²) >= 11 is 0. The average molecular weight is 440 g/mol. The Morgan fingerprint density at radius 1 is 1.25 bits per heavy atom. The molecule has 2 aliphatic heterocycles. The van der Waals surface area contributed by atoms with Gasteiger partial charge in [-0.3, -0.25) is 14.4 Å². The molecule has 0 bridgehead atoms. The fourth-order valence-corrected chi connectivity index (χ4v) is 5.11. The minimum atomic E-state index is -1.02. The molecule has 8 nitrogen and oxygen atoms in total. The van der Waals surface area contributed by atoms with Gasteiger partial charge >= 0.3 is 5.97 Å². The number of likely N-dealkylation sites (tertiary alicyclic amines) is 1. The maximum absolute atomic E-state index is 13.7. The monoisotopic (exact) mass is 439 g/mol. The van der Waals surface area contributed by atoms with Crippen molar-refractivity contribution in [3.8, 4) is 0 Å². The molecular weight excluding hydrogens is 410 g/mol. The highest BCUT2D eigenvalue weighted by molar-refractivity contribution is 6.00. The molecule has 2 saturated heterocycles. The summed E-state index contributed by atoms with van der Waals surface area (Å²) in [5.74, 6) is -1.85. The maximum Gasteiger partial charge on any atom is 0.326 e. The van der Waals surface area contributed by atoms with Crippen molar-refractivity contribution in [3.63, 3.8) is 0 Å². The summed E-state index contributed by atoms with van der Waals surface area (Å²) in [7, 11) is 0. The van der Waals surface area contributed by atoms with Gasteiger partial charge in [0.1, 0.15) is 17.6 Å². The number of amides is 3. The van der Waals surface area contributed by atoms with Crippen molar-refractivity contribution >= 4 is 23.7 Å². The van der Waals surface area contributed by atoms with Crippen LogP contribution in [0.3, 0.4) is 0 Å². The lowest BCUT2D eigenvalue weighted by Gasteiger charge is -2.44. The van der Waals surface area contributed by atoms with E-state index in [1.54, 1.807) is 9.80 Å². The molecule has 3 aliphatic rings. The van der Waals surface area contributed by atoms with Gasteiger partial charge in [0.2, 0.25) is 17.7 Å². The van der Waals surface area contributed by atoms with Crippen LogP contribution >= 0.6 is 0 Å². The van der Waals surface area contributed by atoms with E-state index in [1.807, 2.05) is 31.2 Å². The maximum atomic E-state index is 13.7. The molecule has 1 spiro atoms. The summed E-state index contributed by atoms with van der Waals surface area (Å²) < 4.78 is 0. The topological polar surface area (TPSA) is 98.2 Å². The first-order valence-corrected chi connectivity index (χ1v) is 11.1. The molecule has 1 saturated carbocycles. The largest absolute Gasteiger partial charge is 0.480 e. The average Bonchev–Trinajstić information content (AvgIpc) is 3.39. The number of rotatable bonds is 6. The van der Waals surface area contributed by atoms with Crippen molar-refractivity contribution in [2.75, 3.05) is 19.6 Å². The van der Waals surface area contributed by atoms with Crippen LogP contribution in [-0.4, -0.2) is 80.8 Å². The molecule has 1 aromatic rings. The highest BCUT2D eigenvalue weighted by Crippen LogP contribution is 2.46. The van der Waals surface area contributed by atoms with Crippen molar-refractivity contribution in [1.82, 2.24) is 14.7 Å². The van der Waals surface area contributed by atoms with Gasteiger partial charge in [-0.2, -0.15) is 0 Å². The van der Waals surface area contributed by atoms with Gasteiger partial charge in [-0.05, 0) is 44.2 Å². The standard InChI is InChI=1S/C24H29N3O5/c1-3-20(28)27-13-12-26(23(32)24(27)9-10-24)19(15-17-7-4-6-16(2)14-17)21(29)25-11-5-8-18(25)22(30)31/h3-4,6-7,14,18-19H,1,5,8-13,15H2,2H3,(H,30,31)/t18-,19-/m0/s1. The van der Waals surface area contributed by atoms with E-state index in [0.29, 0.717) is 45.2 Å². The quantitative estimate of drug-likeness (QED) is 0.675. The minimum Gasteiger partial charge on any atom is -0.480 e. The van der Waals surface area contributed by atoms with Gasteiger partial charge in [0.25, 0.3) is 0 Å². The number of nitrogens with zero attached hydrogens (tertiary/aromatic N) is 3. The van der Waals surface area contributed by atoms with E-state index >= 15 is 0 Å². The zero-order chi connectivity index (χ0) is 23.0. The summed E-state index contributed by atoms with van der Waals surface area (Å²) in [6.45, 7) is 6.44. The van der Waals surface area contributed by atoms with Crippen LogP contribution < -0.4 is 0 Å². The number of piperazine rings is 1. The van der Waals surface area contributed by atoms with Gasteiger partial charge in [0, 0.05) is 26.1 Å². The Kier molecular flexibility index (Phi) is 5.79. The zero-order valence-electron chi connectivity index (χ0n) is 18.3. The third-order valence-electron chi connectivity index (χ3n) is 6.90. The summed E-state index contributed by atoms with van der Waals surface area (Å²) in [6, 6.07) is 6.10. The molecule has 8 heteroatoms. The van der Waals surface area contributed by atoms with E-state index in [2.05, 4.69) is 6.58 Å². The van der Waals surface area contributed by atoms with Gasteiger partial charge in [0.15, 0.2) is 0 Å². The van der Waals surface area contributed by atoms with Crippen LogP contribution in [0.25, 0.3) is 0 Å². The molecule has 0 radical (unpaired) electrons. The normalized spacial score (nSPS) is 22.7. The second-order valence-corrected chi connectivity index (χ2v) is 8.96. The predicted molar refractivity (Wildman–Crippen MR) is 117 cm³/mol. The number of aliphatic carboxylic acids is 1. The molecule has 2 atom stereocenters. The van der Waals surface area contributed by atoms with Crippen LogP contribution in [-0.2, 0) is 25.6 Å². The summed E-state index contributed by atoms with van der Waals surface area (Å²) in [5.41, 5.74) is 1.06. The number of carboxylic acid groups (broad SMARTS) is 1. The lowest BCUT2D eigenvalue weighted by molar-refractivity contribution is -0.160. The highest BCUT2D eigenvalue weighted by atomic mass is 16.4. The molecule has 0 aromatic heterocycles. The predicted octanol–water partition coefficient (Wildman–Crippen LogP) is 1.37. The molecule has 2 heterocycles. The van der Waals surface area contributed by atoms with E-state index in [0.717, 1.165) is 11.1 Å². The second-order valence-electron chi connectivity index (χ2n) is 8.96. The Morgan fingerprint density at radius 3 is 2.62 bits per heavy atom. The molecule has 3 fully saturated rings. The van der Waals surface area contributed by atoms with Crippen LogP contribution in [0.15, 0.2) is 36.9 Å². The molecular formula is C24H29N3O5. The fourth-order valence-electron chi connectivity index (χ4n) is 5.11. The molecule has 170 valence electrons. The number of aryl methyl sites for hydroxylation is 1. The van der Waals surface area contributed by atoms with Gasteiger partial charge in [-0.25, -0.2) is 4.79 Å². The van der Waals surface area contributed by atoms with E-state index < -0.39 is 23.6 Å². The van der Waals surface area contributed by atoms with Crippen molar-refractivity contribution in [2.24, 2.45) is 0 Å². The lowest BCUT2D eigenvalue weighted by atomic mass is 9.98. The van der Waals surface area contributed by atoms with Crippen molar-refractivity contribution in [1.29, 1.82) is 0 Å². The van der Waals surface area contributed by atoms with Crippen molar-refractivity contribution in [3.05, 3.63) is 48.0 Å². The van der Waals surface area contributed by atoms with E-state index in [-0.39, 0.29) is 24.3 Å². The molecule has 3 amide bonds. The van der Waals surface area contributed by atoms with Crippen LogP contribution in [0.1, 0.15) is 36.8 Å². The highest BCUT2D eigenvalue weighted by Gasteiger charge is 2.61. The van der Waals surface area contributed by atoms with Crippen LogP contribution in [0.2, 0.25) is 0 Å². The lowest BCUT2D eigenvalue weighted by Crippen LogP contribution is -2.65. The molecule has 1 aliphatic carbocycles. The Labute approximate surface area is 187 Å². The number of hydrogen-bond acceptors (Lipinski definition) is 4. The van der Waals surface area contributed by atoms with E-state index in [4.69, 9.17) is 0 Å².